The van der Waals surface area contributed by atoms with Gasteiger partial charge in [-0.2, -0.15) is 0 Å². The monoisotopic (exact) mass is 549 g/mol. The van der Waals surface area contributed by atoms with Gasteiger partial charge in [0.25, 0.3) is 0 Å². The van der Waals surface area contributed by atoms with E-state index in [2.05, 4.69) is 97.1 Å². The quantitative estimate of drug-likeness (QED) is 0.206. The summed E-state index contributed by atoms with van der Waals surface area (Å²) in [5.41, 5.74) is 4.63. The largest absolute Gasteiger partial charge is 0.456 e. The van der Waals surface area contributed by atoms with Crippen molar-refractivity contribution in [1.29, 1.82) is 0 Å². The van der Waals surface area contributed by atoms with Gasteiger partial charge in [0.05, 0.1) is 0 Å². The summed E-state index contributed by atoms with van der Waals surface area (Å²) in [6, 6.07) is 48.0. The van der Waals surface area contributed by atoms with E-state index in [-0.39, 0.29) is 0 Å². The van der Waals surface area contributed by atoms with Crippen molar-refractivity contribution in [3.8, 4) is 34.2 Å². The Morgan fingerprint density at radius 2 is 0.953 bits per heavy atom. The van der Waals surface area contributed by atoms with Gasteiger partial charge in [0.1, 0.15) is 11.2 Å². The molecule has 43 heavy (non-hydrogen) atoms. The van der Waals surface area contributed by atoms with E-state index in [0.29, 0.717) is 17.5 Å². The summed E-state index contributed by atoms with van der Waals surface area (Å²) in [5.74, 6) is 1.93. The molecule has 9 aromatic rings. The number of aromatic nitrogens is 3. The third-order valence-electron chi connectivity index (χ3n) is 8.34. The van der Waals surface area contributed by atoms with Crippen LogP contribution < -0.4 is 0 Å². The fourth-order valence-electron chi connectivity index (χ4n) is 6.34. The first-order valence-electron chi connectivity index (χ1n) is 14.4. The molecular weight excluding hydrogens is 526 g/mol. The molecule has 0 N–H and O–H groups in total. The SMILES string of the molecule is c1ccc(-c2nc(-c3cccc4c3ccc3ccccc34)nc(-c3cccc4c3ccc3oc5ccccc5c34)n2)cc1. The van der Waals surface area contributed by atoms with Crippen molar-refractivity contribution in [2.75, 3.05) is 0 Å². The van der Waals surface area contributed by atoms with E-state index in [9.17, 15) is 0 Å². The van der Waals surface area contributed by atoms with E-state index in [4.69, 9.17) is 19.4 Å². The predicted molar refractivity (Wildman–Crippen MR) is 176 cm³/mol. The molecule has 0 saturated heterocycles. The molecule has 4 heteroatoms. The fraction of sp³-hybridized carbons (Fsp3) is 0. The zero-order valence-electron chi connectivity index (χ0n) is 23.0. The lowest BCUT2D eigenvalue weighted by molar-refractivity contribution is 0.669. The van der Waals surface area contributed by atoms with Crippen LogP contribution in [0.3, 0.4) is 0 Å². The lowest BCUT2D eigenvalue weighted by atomic mass is 9.97. The van der Waals surface area contributed by atoms with Crippen molar-refractivity contribution >= 4 is 54.3 Å². The van der Waals surface area contributed by atoms with Gasteiger partial charge in [-0.3, -0.25) is 0 Å². The lowest BCUT2D eigenvalue weighted by Crippen LogP contribution is -2.01. The molecule has 0 aliphatic carbocycles. The van der Waals surface area contributed by atoms with Gasteiger partial charge in [-0.1, -0.05) is 121 Å². The highest BCUT2D eigenvalue weighted by atomic mass is 16.3. The van der Waals surface area contributed by atoms with Gasteiger partial charge < -0.3 is 4.42 Å². The second-order valence-corrected chi connectivity index (χ2v) is 10.8. The molecule has 0 radical (unpaired) electrons. The number of hydrogen-bond acceptors (Lipinski definition) is 4. The van der Waals surface area contributed by atoms with Gasteiger partial charge >= 0.3 is 0 Å². The molecule has 2 heterocycles. The number of rotatable bonds is 3. The molecule has 0 aliphatic rings. The zero-order chi connectivity index (χ0) is 28.3. The normalized spacial score (nSPS) is 11.7. The van der Waals surface area contributed by atoms with Crippen molar-refractivity contribution < 1.29 is 4.42 Å². The minimum absolute atomic E-state index is 0.638. The third-order valence-corrected chi connectivity index (χ3v) is 8.34. The van der Waals surface area contributed by atoms with Crippen molar-refractivity contribution in [2.45, 2.75) is 0 Å². The number of nitrogens with zero attached hydrogens (tertiary/aromatic N) is 3. The van der Waals surface area contributed by atoms with Gasteiger partial charge in [-0.15, -0.1) is 0 Å². The second kappa shape index (κ2) is 9.33. The van der Waals surface area contributed by atoms with Crippen LogP contribution >= 0.6 is 0 Å². The smallest absolute Gasteiger partial charge is 0.164 e. The maximum Gasteiger partial charge on any atom is 0.164 e. The number of para-hydroxylation sites is 1. The summed E-state index contributed by atoms with van der Waals surface area (Å²) in [5, 5.41) is 9.10. The molecule has 4 nitrogen and oxygen atoms in total. The Kier molecular flexibility index (Phi) is 5.16. The van der Waals surface area contributed by atoms with Crippen molar-refractivity contribution in [1.82, 2.24) is 15.0 Å². The Morgan fingerprint density at radius 1 is 0.349 bits per heavy atom. The molecular formula is C39H23N3O. The molecule has 0 saturated carbocycles. The Hall–Kier alpha value is -5.87. The highest BCUT2D eigenvalue weighted by molar-refractivity contribution is 6.20. The van der Waals surface area contributed by atoms with E-state index in [1.165, 1.54) is 16.2 Å². The van der Waals surface area contributed by atoms with E-state index < -0.39 is 0 Å². The van der Waals surface area contributed by atoms with Gasteiger partial charge in [-0.05, 0) is 50.5 Å². The summed E-state index contributed by atoms with van der Waals surface area (Å²) in [7, 11) is 0. The maximum atomic E-state index is 6.19. The molecule has 0 fully saturated rings. The van der Waals surface area contributed by atoms with Crippen LogP contribution in [0.1, 0.15) is 0 Å². The minimum Gasteiger partial charge on any atom is -0.456 e. The van der Waals surface area contributed by atoms with Crippen LogP contribution in [0, 0.1) is 0 Å². The zero-order valence-corrected chi connectivity index (χ0v) is 23.0. The van der Waals surface area contributed by atoms with Gasteiger partial charge in [0.15, 0.2) is 17.5 Å². The summed E-state index contributed by atoms with van der Waals surface area (Å²) >= 11 is 0. The molecule has 0 amide bonds. The van der Waals surface area contributed by atoms with Crippen LogP contribution in [0.15, 0.2) is 144 Å². The first kappa shape index (κ1) is 23.8. The first-order chi connectivity index (χ1) is 21.3. The van der Waals surface area contributed by atoms with Crippen molar-refractivity contribution in [2.24, 2.45) is 0 Å². The molecule has 0 atom stereocenters. The molecule has 0 bridgehead atoms. The Morgan fingerprint density at radius 3 is 1.77 bits per heavy atom. The maximum absolute atomic E-state index is 6.19. The average Bonchev–Trinajstić information content (AvgIpc) is 3.47. The number of furan rings is 1. The highest BCUT2D eigenvalue weighted by Gasteiger charge is 2.18. The summed E-state index contributed by atoms with van der Waals surface area (Å²) in [4.78, 5) is 15.3. The summed E-state index contributed by atoms with van der Waals surface area (Å²) < 4.78 is 6.19. The molecule has 0 aliphatic heterocycles. The van der Waals surface area contributed by atoms with Crippen LogP contribution in [0.2, 0.25) is 0 Å². The molecule has 2 aromatic heterocycles. The van der Waals surface area contributed by atoms with Gasteiger partial charge in [0.2, 0.25) is 0 Å². The first-order valence-corrected chi connectivity index (χ1v) is 14.4. The fourth-order valence-corrected chi connectivity index (χ4v) is 6.34. The van der Waals surface area contributed by atoms with Crippen molar-refractivity contribution in [3.05, 3.63) is 140 Å². The number of benzene rings is 7. The second-order valence-electron chi connectivity index (χ2n) is 10.8. The summed E-state index contributed by atoms with van der Waals surface area (Å²) in [6.07, 6.45) is 0. The third kappa shape index (κ3) is 3.74. The Bertz CT molecular complexity index is 2510. The molecule has 0 unspecified atom stereocenters. The van der Waals surface area contributed by atoms with Gasteiger partial charge in [-0.25, -0.2) is 15.0 Å². The molecule has 9 rings (SSSR count). The summed E-state index contributed by atoms with van der Waals surface area (Å²) in [6.45, 7) is 0. The van der Waals surface area contributed by atoms with Crippen LogP contribution in [-0.2, 0) is 0 Å². The predicted octanol–water partition coefficient (Wildman–Crippen LogP) is 10.2. The van der Waals surface area contributed by atoms with Crippen LogP contribution in [0.5, 0.6) is 0 Å². The topological polar surface area (TPSA) is 51.8 Å². The molecule has 200 valence electrons. The average molecular weight is 550 g/mol. The molecule has 0 spiro atoms. The van der Waals surface area contributed by atoms with Gasteiger partial charge in [0, 0.05) is 27.5 Å². The van der Waals surface area contributed by atoms with E-state index >= 15 is 0 Å². The van der Waals surface area contributed by atoms with Crippen LogP contribution in [0.25, 0.3) is 88.4 Å². The standard InChI is InChI=1S/C39H23N3O/c1-2-11-25(12-3-1)37-40-38(31-17-8-15-27-26-13-5-4-10-24(26)20-21-28(27)31)42-39(41-37)32-18-9-16-30-29(32)22-23-35-36(30)33-14-6-7-19-34(33)43-35/h1-23H. The Balaban J connectivity index is 1.33. The minimum atomic E-state index is 0.638. The van der Waals surface area contributed by atoms with Crippen molar-refractivity contribution in [3.63, 3.8) is 0 Å². The molecule has 7 aromatic carbocycles. The van der Waals surface area contributed by atoms with E-state index in [1.54, 1.807) is 0 Å². The van der Waals surface area contributed by atoms with Crippen LogP contribution in [0.4, 0.5) is 0 Å². The number of fused-ring (bicyclic) bond motifs is 8. The highest BCUT2D eigenvalue weighted by Crippen LogP contribution is 2.39. The van der Waals surface area contributed by atoms with Crippen LogP contribution in [-0.4, -0.2) is 15.0 Å². The lowest BCUT2D eigenvalue weighted by Gasteiger charge is -2.12. The van der Waals surface area contributed by atoms with E-state index in [1.807, 2.05) is 42.5 Å². The van der Waals surface area contributed by atoms with E-state index in [0.717, 1.165) is 54.8 Å². The number of hydrogen-bond donors (Lipinski definition) is 0. The Labute approximate surface area is 246 Å².